The van der Waals surface area contributed by atoms with Gasteiger partial charge in [0.1, 0.15) is 5.75 Å². The molecule has 1 aliphatic heterocycles. The van der Waals surface area contributed by atoms with Gasteiger partial charge >= 0.3 is 0 Å². The van der Waals surface area contributed by atoms with E-state index in [4.69, 9.17) is 10.00 Å². The maximum atomic E-state index is 10.5. The highest BCUT2D eigenvalue weighted by atomic mass is 16.5. The first-order chi connectivity index (χ1) is 12.2. The SMILES string of the molecule is COc1cc(C#N)ccc1CN1CCCC1CC(O)c1ccccc1. The third kappa shape index (κ3) is 4.19. The molecule has 1 saturated heterocycles. The molecule has 2 unspecified atom stereocenters. The summed E-state index contributed by atoms with van der Waals surface area (Å²) in [6.07, 6.45) is 2.55. The van der Waals surface area contributed by atoms with Crippen molar-refractivity contribution in [2.75, 3.05) is 13.7 Å². The van der Waals surface area contributed by atoms with Crippen molar-refractivity contribution >= 4 is 0 Å². The van der Waals surface area contributed by atoms with Crippen LogP contribution < -0.4 is 4.74 Å². The standard InChI is InChI=1S/C21H24N2O2/c1-25-21-12-16(14-22)9-10-18(21)15-23-11-5-8-19(23)13-20(24)17-6-3-2-4-7-17/h2-4,6-7,9-10,12,19-20,24H,5,8,11,13,15H2,1H3. The number of methoxy groups -OCH3 is 1. The number of nitriles is 1. The molecule has 4 nitrogen and oxygen atoms in total. The first-order valence-corrected chi connectivity index (χ1v) is 8.75. The minimum Gasteiger partial charge on any atom is -0.496 e. The van der Waals surface area contributed by atoms with E-state index in [0.29, 0.717) is 11.6 Å². The highest BCUT2D eigenvalue weighted by molar-refractivity contribution is 5.42. The molecule has 0 amide bonds. The summed E-state index contributed by atoms with van der Waals surface area (Å²) in [5.41, 5.74) is 2.67. The second-order valence-corrected chi connectivity index (χ2v) is 6.57. The van der Waals surface area contributed by atoms with Crippen molar-refractivity contribution < 1.29 is 9.84 Å². The fraction of sp³-hybridized carbons (Fsp3) is 0.381. The van der Waals surface area contributed by atoms with E-state index in [0.717, 1.165) is 49.2 Å². The molecule has 2 aromatic rings. The number of hydrogen-bond donors (Lipinski definition) is 1. The van der Waals surface area contributed by atoms with Gasteiger partial charge in [-0.2, -0.15) is 5.26 Å². The van der Waals surface area contributed by atoms with Crippen LogP contribution in [-0.4, -0.2) is 29.7 Å². The van der Waals surface area contributed by atoms with Crippen molar-refractivity contribution in [2.45, 2.75) is 38.0 Å². The summed E-state index contributed by atoms with van der Waals surface area (Å²) in [6, 6.07) is 18.0. The summed E-state index contributed by atoms with van der Waals surface area (Å²) >= 11 is 0. The highest BCUT2D eigenvalue weighted by Crippen LogP contribution is 2.30. The molecule has 3 rings (SSSR count). The van der Waals surface area contributed by atoms with Gasteiger partial charge in [0.15, 0.2) is 0 Å². The number of benzene rings is 2. The van der Waals surface area contributed by atoms with Crippen LogP contribution in [0.3, 0.4) is 0 Å². The number of likely N-dealkylation sites (tertiary alicyclic amines) is 1. The average molecular weight is 336 g/mol. The van der Waals surface area contributed by atoms with Crippen LogP contribution in [-0.2, 0) is 6.54 Å². The third-order valence-corrected chi connectivity index (χ3v) is 4.97. The smallest absolute Gasteiger partial charge is 0.124 e. The Kier molecular flexibility index (Phi) is 5.70. The summed E-state index contributed by atoms with van der Waals surface area (Å²) in [5.74, 6) is 0.758. The average Bonchev–Trinajstić information content (AvgIpc) is 3.09. The number of aliphatic hydroxyl groups is 1. The second kappa shape index (κ2) is 8.15. The summed E-state index contributed by atoms with van der Waals surface area (Å²) in [5, 5.41) is 19.6. The Labute approximate surface area is 149 Å². The van der Waals surface area contributed by atoms with Gasteiger partial charge < -0.3 is 9.84 Å². The number of nitrogens with zero attached hydrogens (tertiary/aromatic N) is 2. The summed E-state index contributed by atoms with van der Waals surface area (Å²) < 4.78 is 5.46. The van der Waals surface area contributed by atoms with Crippen molar-refractivity contribution in [3.63, 3.8) is 0 Å². The van der Waals surface area contributed by atoms with Crippen LogP contribution in [0.2, 0.25) is 0 Å². The second-order valence-electron chi connectivity index (χ2n) is 6.57. The number of aliphatic hydroxyl groups excluding tert-OH is 1. The fourth-order valence-electron chi connectivity index (χ4n) is 3.60. The molecule has 0 saturated carbocycles. The molecule has 1 aliphatic rings. The monoisotopic (exact) mass is 336 g/mol. The van der Waals surface area contributed by atoms with Crippen LogP contribution in [0.15, 0.2) is 48.5 Å². The molecule has 2 aromatic carbocycles. The van der Waals surface area contributed by atoms with E-state index >= 15 is 0 Å². The molecule has 130 valence electrons. The van der Waals surface area contributed by atoms with Crippen LogP contribution >= 0.6 is 0 Å². The maximum Gasteiger partial charge on any atom is 0.124 e. The molecule has 4 heteroatoms. The Morgan fingerprint density at radius 3 is 2.80 bits per heavy atom. The molecule has 0 bridgehead atoms. The lowest BCUT2D eigenvalue weighted by atomic mass is 10.00. The first-order valence-electron chi connectivity index (χ1n) is 8.75. The number of ether oxygens (including phenoxy) is 1. The lowest BCUT2D eigenvalue weighted by Crippen LogP contribution is -2.30. The minimum absolute atomic E-state index is 0.357. The number of rotatable bonds is 6. The van der Waals surface area contributed by atoms with Gasteiger partial charge in [-0.05, 0) is 43.5 Å². The molecule has 1 N–H and O–H groups in total. The van der Waals surface area contributed by atoms with E-state index < -0.39 is 6.10 Å². The van der Waals surface area contributed by atoms with Crippen LogP contribution in [0.5, 0.6) is 5.75 Å². The lowest BCUT2D eigenvalue weighted by molar-refractivity contribution is 0.117. The van der Waals surface area contributed by atoms with Crippen molar-refractivity contribution in [1.29, 1.82) is 5.26 Å². The Balaban J connectivity index is 1.69. The van der Waals surface area contributed by atoms with E-state index in [1.165, 1.54) is 0 Å². The van der Waals surface area contributed by atoms with Gasteiger partial charge in [-0.1, -0.05) is 36.4 Å². The van der Waals surface area contributed by atoms with E-state index in [1.807, 2.05) is 42.5 Å². The zero-order valence-corrected chi connectivity index (χ0v) is 14.6. The molecule has 0 radical (unpaired) electrons. The molecular weight excluding hydrogens is 312 g/mol. The maximum absolute atomic E-state index is 10.5. The first kappa shape index (κ1) is 17.5. The molecule has 1 heterocycles. The summed E-state index contributed by atoms with van der Waals surface area (Å²) in [7, 11) is 1.64. The van der Waals surface area contributed by atoms with Crippen molar-refractivity contribution in [3.05, 3.63) is 65.2 Å². The topological polar surface area (TPSA) is 56.5 Å². The molecule has 0 spiro atoms. The van der Waals surface area contributed by atoms with Crippen LogP contribution in [0.1, 0.15) is 42.1 Å². The van der Waals surface area contributed by atoms with Crippen molar-refractivity contribution in [2.24, 2.45) is 0 Å². The van der Waals surface area contributed by atoms with Gasteiger partial charge in [-0.3, -0.25) is 4.90 Å². The summed E-state index contributed by atoms with van der Waals surface area (Å²) in [4.78, 5) is 2.41. The van der Waals surface area contributed by atoms with Gasteiger partial charge in [0.05, 0.1) is 24.8 Å². The summed E-state index contributed by atoms with van der Waals surface area (Å²) in [6.45, 7) is 1.80. The van der Waals surface area contributed by atoms with E-state index in [1.54, 1.807) is 13.2 Å². The van der Waals surface area contributed by atoms with E-state index in [2.05, 4.69) is 11.0 Å². The molecule has 25 heavy (non-hydrogen) atoms. The predicted molar refractivity (Wildman–Crippen MR) is 97.2 cm³/mol. The van der Waals surface area contributed by atoms with Crippen LogP contribution in [0.4, 0.5) is 0 Å². The predicted octanol–water partition coefficient (Wildman–Crippen LogP) is 3.65. The third-order valence-electron chi connectivity index (χ3n) is 4.97. The Bertz CT molecular complexity index is 739. The van der Waals surface area contributed by atoms with Gasteiger partial charge in [0.25, 0.3) is 0 Å². The van der Waals surface area contributed by atoms with Crippen LogP contribution in [0.25, 0.3) is 0 Å². The molecule has 1 fully saturated rings. The van der Waals surface area contributed by atoms with Crippen molar-refractivity contribution in [1.82, 2.24) is 4.90 Å². The Hall–Kier alpha value is -2.35. The van der Waals surface area contributed by atoms with Gasteiger partial charge in [0.2, 0.25) is 0 Å². The molecule has 0 aliphatic carbocycles. The number of hydrogen-bond acceptors (Lipinski definition) is 4. The quantitative estimate of drug-likeness (QED) is 0.875. The fourth-order valence-corrected chi connectivity index (χ4v) is 3.60. The minimum atomic E-state index is -0.435. The van der Waals surface area contributed by atoms with Crippen molar-refractivity contribution in [3.8, 4) is 11.8 Å². The van der Waals surface area contributed by atoms with E-state index in [9.17, 15) is 5.11 Å². The largest absolute Gasteiger partial charge is 0.496 e. The van der Waals surface area contributed by atoms with Gasteiger partial charge in [0, 0.05) is 18.2 Å². The Morgan fingerprint density at radius 1 is 1.28 bits per heavy atom. The van der Waals surface area contributed by atoms with E-state index in [-0.39, 0.29) is 0 Å². The normalized spacial score (nSPS) is 18.7. The van der Waals surface area contributed by atoms with Gasteiger partial charge in [-0.15, -0.1) is 0 Å². The molecular formula is C21H24N2O2. The zero-order chi connectivity index (χ0) is 17.6. The molecule has 2 atom stereocenters. The highest BCUT2D eigenvalue weighted by Gasteiger charge is 2.27. The Morgan fingerprint density at radius 2 is 2.08 bits per heavy atom. The zero-order valence-electron chi connectivity index (χ0n) is 14.6. The van der Waals surface area contributed by atoms with Crippen LogP contribution in [0, 0.1) is 11.3 Å². The lowest BCUT2D eigenvalue weighted by Gasteiger charge is -2.27. The van der Waals surface area contributed by atoms with Gasteiger partial charge in [-0.25, -0.2) is 0 Å². The molecule has 0 aromatic heterocycles.